The van der Waals surface area contributed by atoms with E-state index in [2.05, 4.69) is 6.58 Å². The van der Waals surface area contributed by atoms with Crippen LogP contribution in [0, 0.1) is 17.3 Å². The van der Waals surface area contributed by atoms with Gasteiger partial charge in [-0.15, -0.1) is 0 Å². The van der Waals surface area contributed by atoms with Crippen LogP contribution in [0.4, 0.5) is 0 Å². The first kappa shape index (κ1) is 11.1. The lowest BCUT2D eigenvalue weighted by atomic mass is 9.46. The van der Waals surface area contributed by atoms with Gasteiger partial charge in [0.05, 0.1) is 5.41 Å². The van der Waals surface area contributed by atoms with E-state index in [1.807, 2.05) is 0 Å². The topological polar surface area (TPSA) is 54.4 Å². The zero-order chi connectivity index (χ0) is 12.4. The van der Waals surface area contributed by atoms with Gasteiger partial charge in [0.1, 0.15) is 5.60 Å². The van der Waals surface area contributed by atoms with Crippen LogP contribution in [0.15, 0.2) is 12.2 Å². The van der Waals surface area contributed by atoms with Gasteiger partial charge in [0.25, 0.3) is 0 Å². The van der Waals surface area contributed by atoms with E-state index in [1.54, 1.807) is 6.92 Å². The highest BCUT2D eigenvalue weighted by molar-refractivity contribution is 6.17. The van der Waals surface area contributed by atoms with Crippen LogP contribution in [-0.4, -0.2) is 22.3 Å². The van der Waals surface area contributed by atoms with Crippen LogP contribution in [0.5, 0.6) is 0 Å². The van der Waals surface area contributed by atoms with Gasteiger partial charge in [0.2, 0.25) is 0 Å². The number of hydrogen-bond donors (Lipinski definition) is 1. The second-order valence-electron chi connectivity index (χ2n) is 6.34. The molecule has 0 radical (unpaired) electrons. The van der Waals surface area contributed by atoms with Crippen molar-refractivity contribution in [3.05, 3.63) is 12.2 Å². The largest absolute Gasteiger partial charge is 0.382 e. The Labute approximate surface area is 101 Å². The number of aliphatic hydroxyl groups is 1. The van der Waals surface area contributed by atoms with Crippen LogP contribution in [0.25, 0.3) is 0 Å². The standard InChI is InChI=1S/C14H18O3/c1-8(2)11(15)13-4-9-3-10(5-13)7-14(17,6-9)12(13)16/h9-10,17H,1,3-7H2,2H3. The Hall–Kier alpha value is -0.960. The molecule has 4 fully saturated rings. The molecule has 4 aliphatic carbocycles. The molecule has 17 heavy (non-hydrogen) atoms. The highest BCUT2D eigenvalue weighted by Crippen LogP contribution is 2.60. The lowest BCUT2D eigenvalue weighted by molar-refractivity contribution is -0.185. The van der Waals surface area contributed by atoms with Crippen LogP contribution in [-0.2, 0) is 9.59 Å². The first-order valence-electron chi connectivity index (χ1n) is 6.35. The maximum atomic E-state index is 12.5. The summed E-state index contributed by atoms with van der Waals surface area (Å²) >= 11 is 0. The minimum atomic E-state index is -1.21. The van der Waals surface area contributed by atoms with Crippen LogP contribution < -0.4 is 0 Å². The van der Waals surface area contributed by atoms with Crippen molar-refractivity contribution in [2.75, 3.05) is 0 Å². The molecular weight excluding hydrogens is 216 g/mol. The molecule has 0 heterocycles. The second-order valence-corrected chi connectivity index (χ2v) is 6.34. The SMILES string of the molecule is C=C(C)C(=O)C12CC3CC(CC(O)(C3)C1=O)C2. The minimum Gasteiger partial charge on any atom is -0.382 e. The quantitative estimate of drug-likeness (QED) is 0.583. The molecular formula is C14H18O3. The summed E-state index contributed by atoms with van der Waals surface area (Å²) < 4.78 is 0. The normalized spacial score (nSPS) is 47.3. The molecule has 4 bridgehead atoms. The van der Waals surface area contributed by atoms with Gasteiger partial charge >= 0.3 is 0 Å². The number of carbonyl (C=O) groups excluding carboxylic acids is 2. The third-order valence-corrected chi connectivity index (χ3v) is 4.87. The van der Waals surface area contributed by atoms with E-state index in [0.717, 1.165) is 6.42 Å². The Bertz CT molecular complexity index is 421. The van der Waals surface area contributed by atoms with Crippen molar-refractivity contribution in [3.63, 3.8) is 0 Å². The van der Waals surface area contributed by atoms with Gasteiger partial charge in [-0.2, -0.15) is 0 Å². The maximum Gasteiger partial charge on any atom is 0.178 e. The number of ketones is 2. The summed E-state index contributed by atoms with van der Waals surface area (Å²) in [5.74, 6) is 0.335. The molecule has 0 aliphatic heterocycles. The van der Waals surface area contributed by atoms with Gasteiger partial charge in [0.15, 0.2) is 11.6 Å². The molecule has 0 aromatic heterocycles. The fourth-order valence-electron chi connectivity index (χ4n) is 4.57. The molecule has 3 nitrogen and oxygen atoms in total. The summed E-state index contributed by atoms with van der Waals surface area (Å²) in [4.78, 5) is 24.8. The zero-order valence-corrected chi connectivity index (χ0v) is 10.2. The Morgan fingerprint density at radius 2 is 1.82 bits per heavy atom. The smallest absolute Gasteiger partial charge is 0.178 e. The van der Waals surface area contributed by atoms with E-state index >= 15 is 0 Å². The van der Waals surface area contributed by atoms with E-state index in [1.165, 1.54) is 0 Å². The molecule has 2 atom stereocenters. The number of allylic oxidation sites excluding steroid dienone is 1. The van der Waals surface area contributed by atoms with E-state index in [9.17, 15) is 14.7 Å². The molecule has 0 spiro atoms. The van der Waals surface area contributed by atoms with E-state index in [0.29, 0.717) is 43.1 Å². The lowest BCUT2D eigenvalue weighted by Crippen LogP contribution is -2.65. The Balaban J connectivity index is 2.08. The molecule has 1 N–H and O–H groups in total. The first-order chi connectivity index (χ1) is 7.87. The Kier molecular flexibility index (Phi) is 2.02. The number of Topliss-reactive ketones (excluding diaryl/α,β-unsaturated/α-hetero) is 2. The predicted octanol–water partition coefficient (Wildman–Crippen LogP) is 1.64. The molecule has 92 valence electrons. The zero-order valence-electron chi connectivity index (χ0n) is 10.2. The molecule has 4 aliphatic rings. The van der Waals surface area contributed by atoms with E-state index in [4.69, 9.17) is 0 Å². The molecule has 0 aromatic rings. The number of hydrogen-bond acceptors (Lipinski definition) is 3. The highest BCUT2D eigenvalue weighted by atomic mass is 16.3. The summed E-state index contributed by atoms with van der Waals surface area (Å²) in [6.45, 7) is 5.35. The van der Waals surface area contributed by atoms with E-state index < -0.39 is 11.0 Å². The van der Waals surface area contributed by atoms with Crippen molar-refractivity contribution in [1.29, 1.82) is 0 Å². The monoisotopic (exact) mass is 234 g/mol. The van der Waals surface area contributed by atoms with Gasteiger partial charge in [-0.3, -0.25) is 9.59 Å². The average Bonchev–Trinajstić information content (AvgIpc) is 2.23. The highest BCUT2D eigenvalue weighted by Gasteiger charge is 2.66. The Morgan fingerprint density at radius 1 is 1.29 bits per heavy atom. The van der Waals surface area contributed by atoms with Gasteiger partial charge < -0.3 is 5.11 Å². The van der Waals surface area contributed by atoms with Crippen LogP contribution in [0.2, 0.25) is 0 Å². The molecule has 4 rings (SSSR count). The van der Waals surface area contributed by atoms with Crippen molar-refractivity contribution in [2.45, 2.75) is 44.6 Å². The van der Waals surface area contributed by atoms with Crippen molar-refractivity contribution in [3.8, 4) is 0 Å². The van der Waals surface area contributed by atoms with Crippen molar-refractivity contribution < 1.29 is 14.7 Å². The first-order valence-corrected chi connectivity index (χ1v) is 6.35. The molecule has 0 aromatic carbocycles. The summed E-state index contributed by atoms with van der Waals surface area (Å²) in [5.41, 5.74) is -1.69. The van der Waals surface area contributed by atoms with Crippen molar-refractivity contribution in [1.82, 2.24) is 0 Å². The molecule has 3 heteroatoms. The maximum absolute atomic E-state index is 12.5. The second kappa shape index (κ2) is 3.08. The molecule has 4 saturated carbocycles. The predicted molar refractivity (Wildman–Crippen MR) is 62.3 cm³/mol. The summed E-state index contributed by atoms with van der Waals surface area (Å²) in [6, 6.07) is 0. The third-order valence-electron chi connectivity index (χ3n) is 4.87. The average molecular weight is 234 g/mol. The van der Waals surface area contributed by atoms with E-state index in [-0.39, 0.29) is 11.6 Å². The van der Waals surface area contributed by atoms with Crippen LogP contribution >= 0.6 is 0 Å². The van der Waals surface area contributed by atoms with Gasteiger partial charge in [-0.1, -0.05) is 6.58 Å². The Morgan fingerprint density at radius 3 is 2.29 bits per heavy atom. The summed E-state index contributed by atoms with van der Waals surface area (Å²) in [5, 5.41) is 10.4. The summed E-state index contributed by atoms with van der Waals surface area (Å²) in [6.07, 6.45) is 3.47. The fraction of sp³-hybridized carbons (Fsp3) is 0.714. The lowest BCUT2D eigenvalue weighted by Gasteiger charge is -2.57. The van der Waals surface area contributed by atoms with Crippen molar-refractivity contribution in [2.24, 2.45) is 17.3 Å². The number of carbonyl (C=O) groups is 2. The van der Waals surface area contributed by atoms with Gasteiger partial charge in [-0.05, 0) is 56.4 Å². The third kappa shape index (κ3) is 1.26. The van der Waals surface area contributed by atoms with Crippen LogP contribution in [0.1, 0.15) is 39.0 Å². The van der Waals surface area contributed by atoms with Gasteiger partial charge in [0, 0.05) is 0 Å². The van der Waals surface area contributed by atoms with Crippen molar-refractivity contribution >= 4 is 11.6 Å². The number of rotatable bonds is 2. The molecule has 0 saturated heterocycles. The van der Waals surface area contributed by atoms with Crippen LogP contribution in [0.3, 0.4) is 0 Å². The molecule has 0 amide bonds. The fourth-order valence-corrected chi connectivity index (χ4v) is 4.57. The molecule has 2 unspecified atom stereocenters. The summed E-state index contributed by atoms with van der Waals surface area (Å²) in [7, 11) is 0. The van der Waals surface area contributed by atoms with Gasteiger partial charge in [-0.25, -0.2) is 0 Å². The minimum absolute atomic E-state index is 0.130.